The molecule has 0 unspecified atom stereocenters. The van der Waals surface area contributed by atoms with Crippen molar-refractivity contribution in [1.29, 1.82) is 0 Å². The zero-order valence-corrected chi connectivity index (χ0v) is 11.5. The van der Waals surface area contributed by atoms with Crippen LogP contribution in [0.2, 0.25) is 0 Å². The number of urea groups is 1. The molecular weight excluding hydrogens is 301 g/mol. The van der Waals surface area contributed by atoms with E-state index >= 15 is 0 Å². The largest absolute Gasteiger partial charge is 0.497 e. The van der Waals surface area contributed by atoms with E-state index in [0.29, 0.717) is 5.76 Å². The first-order valence-electron chi connectivity index (χ1n) is 6.22. The second-order valence-corrected chi connectivity index (χ2v) is 4.30. The highest BCUT2D eigenvalue weighted by molar-refractivity contribution is 5.90. The Kier molecular flexibility index (Phi) is 4.59. The van der Waals surface area contributed by atoms with E-state index in [1.807, 2.05) is 0 Å². The molecule has 5 nitrogen and oxygen atoms in total. The third kappa shape index (κ3) is 3.94. The first kappa shape index (κ1) is 15.7. The van der Waals surface area contributed by atoms with Gasteiger partial charge in [0.05, 0.1) is 31.2 Å². The lowest BCUT2D eigenvalue weighted by atomic mass is 10.1. The number of carbonyl (C=O) groups excluding carboxylic acids is 1. The zero-order chi connectivity index (χ0) is 16.2. The quantitative estimate of drug-likeness (QED) is 0.906. The van der Waals surface area contributed by atoms with Crippen molar-refractivity contribution in [2.45, 2.75) is 12.7 Å². The molecule has 0 atom stereocenters. The molecule has 1 aromatic carbocycles. The molecule has 0 aliphatic heterocycles. The fourth-order valence-corrected chi connectivity index (χ4v) is 1.74. The van der Waals surface area contributed by atoms with E-state index in [4.69, 9.17) is 9.15 Å². The highest BCUT2D eigenvalue weighted by atomic mass is 19.4. The van der Waals surface area contributed by atoms with E-state index in [9.17, 15) is 18.0 Å². The van der Waals surface area contributed by atoms with Crippen LogP contribution in [0.4, 0.5) is 23.7 Å². The minimum absolute atomic E-state index is 0.0499. The molecular formula is C14H13F3N2O3. The van der Waals surface area contributed by atoms with Crippen molar-refractivity contribution in [2.75, 3.05) is 12.4 Å². The van der Waals surface area contributed by atoms with E-state index in [2.05, 4.69) is 10.6 Å². The van der Waals surface area contributed by atoms with Gasteiger partial charge in [-0.15, -0.1) is 0 Å². The summed E-state index contributed by atoms with van der Waals surface area (Å²) in [6.45, 7) is 0.0658. The fourth-order valence-electron chi connectivity index (χ4n) is 1.74. The number of carbonyl (C=O) groups is 1. The Bertz CT molecular complexity index is 639. The van der Waals surface area contributed by atoms with Gasteiger partial charge in [0.15, 0.2) is 0 Å². The van der Waals surface area contributed by atoms with Crippen LogP contribution >= 0.6 is 0 Å². The van der Waals surface area contributed by atoms with Gasteiger partial charge in [-0.05, 0) is 30.3 Å². The summed E-state index contributed by atoms with van der Waals surface area (Å²) in [5, 5.41) is 4.56. The molecule has 8 heteroatoms. The van der Waals surface area contributed by atoms with Gasteiger partial charge in [0.2, 0.25) is 0 Å². The molecule has 0 saturated heterocycles. The predicted octanol–water partition coefficient (Wildman–Crippen LogP) is 3.63. The van der Waals surface area contributed by atoms with Gasteiger partial charge >= 0.3 is 12.2 Å². The summed E-state index contributed by atoms with van der Waals surface area (Å²) in [5.41, 5.74) is -1.34. The second kappa shape index (κ2) is 6.42. The topological polar surface area (TPSA) is 63.5 Å². The van der Waals surface area contributed by atoms with Crippen LogP contribution in [-0.2, 0) is 12.7 Å². The Labute approximate surface area is 124 Å². The SMILES string of the molecule is COc1ccc(NC(=O)NCc2ccco2)c(C(F)(F)F)c1. The Hall–Kier alpha value is -2.64. The normalized spacial score (nSPS) is 11.1. The Morgan fingerprint density at radius 1 is 1.32 bits per heavy atom. The summed E-state index contributed by atoms with van der Waals surface area (Å²) in [6, 6.07) is 5.79. The monoisotopic (exact) mass is 314 g/mol. The summed E-state index contributed by atoms with van der Waals surface area (Å²) in [6.07, 6.45) is -3.18. The molecule has 0 saturated carbocycles. The van der Waals surface area contributed by atoms with Gasteiger partial charge < -0.3 is 19.8 Å². The standard InChI is InChI=1S/C14H13F3N2O3/c1-21-9-4-5-12(11(7-9)14(15,16)17)19-13(20)18-8-10-3-2-6-22-10/h2-7H,8H2,1H3,(H2,18,19,20). The fraction of sp³-hybridized carbons (Fsp3) is 0.214. The molecule has 2 rings (SSSR count). The van der Waals surface area contributed by atoms with Crippen molar-refractivity contribution in [2.24, 2.45) is 0 Å². The number of hydrogen-bond acceptors (Lipinski definition) is 3. The Morgan fingerprint density at radius 3 is 2.68 bits per heavy atom. The maximum absolute atomic E-state index is 13.0. The van der Waals surface area contributed by atoms with Crippen molar-refractivity contribution >= 4 is 11.7 Å². The smallest absolute Gasteiger partial charge is 0.418 e. The van der Waals surface area contributed by atoms with Crippen LogP contribution in [0.5, 0.6) is 5.75 Å². The number of amides is 2. The summed E-state index contributed by atoms with van der Waals surface area (Å²) >= 11 is 0. The number of benzene rings is 1. The molecule has 1 heterocycles. The number of alkyl halides is 3. The van der Waals surface area contributed by atoms with Gasteiger partial charge in [-0.2, -0.15) is 13.2 Å². The van der Waals surface area contributed by atoms with Crippen LogP contribution in [0.3, 0.4) is 0 Å². The Balaban J connectivity index is 2.09. The minimum atomic E-state index is -4.61. The van der Waals surface area contributed by atoms with Crippen LogP contribution in [0.25, 0.3) is 0 Å². The van der Waals surface area contributed by atoms with Crippen LogP contribution in [-0.4, -0.2) is 13.1 Å². The van der Waals surface area contributed by atoms with E-state index in [1.165, 1.54) is 19.4 Å². The van der Waals surface area contributed by atoms with Crippen molar-refractivity contribution in [3.8, 4) is 5.75 Å². The molecule has 0 fully saturated rings. The molecule has 0 aliphatic carbocycles. The summed E-state index contributed by atoms with van der Waals surface area (Å²) in [7, 11) is 1.26. The lowest BCUT2D eigenvalue weighted by Gasteiger charge is -2.15. The summed E-state index contributed by atoms with van der Waals surface area (Å²) in [4.78, 5) is 11.7. The first-order chi connectivity index (χ1) is 10.4. The van der Waals surface area contributed by atoms with Gasteiger partial charge in [-0.25, -0.2) is 4.79 Å². The molecule has 0 radical (unpaired) electrons. The summed E-state index contributed by atoms with van der Waals surface area (Å²) < 4.78 is 48.7. The number of anilines is 1. The number of hydrogen-bond donors (Lipinski definition) is 2. The van der Waals surface area contributed by atoms with Gasteiger partial charge in [0.25, 0.3) is 0 Å². The van der Waals surface area contributed by atoms with E-state index < -0.39 is 17.8 Å². The van der Waals surface area contributed by atoms with Crippen LogP contribution in [0.15, 0.2) is 41.0 Å². The van der Waals surface area contributed by atoms with E-state index in [-0.39, 0.29) is 18.0 Å². The van der Waals surface area contributed by atoms with Crippen molar-refractivity contribution < 1.29 is 27.1 Å². The van der Waals surface area contributed by atoms with Crippen molar-refractivity contribution in [3.63, 3.8) is 0 Å². The summed E-state index contributed by atoms with van der Waals surface area (Å²) in [5.74, 6) is 0.537. The first-order valence-corrected chi connectivity index (χ1v) is 6.22. The van der Waals surface area contributed by atoms with Gasteiger partial charge in [0, 0.05) is 0 Å². The molecule has 118 valence electrons. The van der Waals surface area contributed by atoms with Gasteiger partial charge in [-0.1, -0.05) is 0 Å². The molecule has 0 bridgehead atoms. The molecule has 2 aromatic rings. The predicted molar refractivity (Wildman–Crippen MR) is 72.6 cm³/mol. The maximum atomic E-state index is 13.0. The van der Waals surface area contributed by atoms with Crippen LogP contribution < -0.4 is 15.4 Å². The minimum Gasteiger partial charge on any atom is -0.497 e. The van der Waals surface area contributed by atoms with Gasteiger partial charge in [-0.3, -0.25) is 0 Å². The van der Waals surface area contributed by atoms with Gasteiger partial charge in [0.1, 0.15) is 11.5 Å². The number of methoxy groups -OCH3 is 1. The molecule has 2 amide bonds. The highest BCUT2D eigenvalue weighted by Crippen LogP contribution is 2.37. The lowest BCUT2D eigenvalue weighted by molar-refractivity contribution is -0.137. The van der Waals surface area contributed by atoms with Crippen molar-refractivity contribution in [1.82, 2.24) is 5.32 Å². The van der Waals surface area contributed by atoms with E-state index in [0.717, 1.165) is 12.1 Å². The molecule has 0 aliphatic rings. The number of furan rings is 1. The molecule has 2 N–H and O–H groups in total. The second-order valence-electron chi connectivity index (χ2n) is 4.30. The zero-order valence-electron chi connectivity index (χ0n) is 11.5. The van der Waals surface area contributed by atoms with Crippen molar-refractivity contribution in [3.05, 3.63) is 47.9 Å². The molecule has 0 spiro atoms. The number of rotatable bonds is 4. The highest BCUT2D eigenvalue weighted by Gasteiger charge is 2.34. The number of halogens is 3. The lowest BCUT2D eigenvalue weighted by Crippen LogP contribution is -2.29. The third-order valence-electron chi connectivity index (χ3n) is 2.78. The Morgan fingerprint density at radius 2 is 2.09 bits per heavy atom. The maximum Gasteiger partial charge on any atom is 0.418 e. The number of nitrogens with one attached hydrogen (secondary N) is 2. The van der Waals surface area contributed by atoms with Crippen LogP contribution in [0, 0.1) is 0 Å². The van der Waals surface area contributed by atoms with Crippen LogP contribution in [0.1, 0.15) is 11.3 Å². The average molecular weight is 314 g/mol. The molecule has 22 heavy (non-hydrogen) atoms. The third-order valence-corrected chi connectivity index (χ3v) is 2.78. The average Bonchev–Trinajstić information content (AvgIpc) is 2.97. The van der Waals surface area contributed by atoms with E-state index in [1.54, 1.807) is 12.1 Å². The molecule has 1 aromatic heterocycles. The number of ether oxygens (including phenoxy) is 1.